The lowest BCUT2D eigenvalue weighted by molar-refractivity contribution is -0.274. The first-order valence-corrected chi connectivity index (χ1v) is 10.0. The minimum absolute atomic E-state index is 0.0172. The number of halogens is 3. The summed E-state index contributed by atoms with van der Waals surface area (Å²) in [7, 11) is -3.98. The van der Waals surface area contributed by atoms with E-state index >= 15 is 0 Å². The smallest absolute Gasteiger partial charge is 0.494 e. The third kappa shape index (κ3) is 3.40. The van der Waals surface area contributed by atoms with Gasteiger partial charge in [-0.3, -0.25) is 4.98 Å². The van der Waals surface area contributed by atoms with Gasteiger partial charge in [-0.1, -0.05) is 0 Å². The SMILES string of the molecule is Cc1cc(OC(F)(F)F)ccc1S(=O)(=O)N1CCn2c(O)c3cccnc3c2C1. The van der Waals surface area contributed by atoms with E-state index < -0.39 is 22.1 Å². The van der Waals surface area contributed by atoms with Crippen LogP contribution in [-0.4, -0.2) is 40.3 Å². The van der Waals surface area contributed by atoms with Crippen molar-refractivity contribution in [2.75, 3.05) is 6.54 Å². The third-order valence-electron chi connectivity index (χ3n) is 4.80. The number of aryl methyl sites for hydroxylation is 1. The molecule has 0 saturated heterocycles. The Balaban J connectivity index is 1.68. The number of alkyl halides is 3. The standard InChI is InChI=1S/C18H16F3N3O4S/c1-11-9-12(28-18(19,20)21)4-5-15(11)29(26,27)23-7-8-24-14(10-23)16-13(17(24)25)3-2-6-22-16/h2-6,9,25H,7-8,10H2,1H3. The first-order valence-electron chi connectivity index (χ1n) is 8.59. The highest BCUT2D eigenvalue weighted by Gasteiger charge is 2.34. The van der Waals surface area contributed by atoms with Crippen molar-refractivity contribution in [2.45, 2.75) is 31.3 Å². The Hall–Kier alpha value is -2.79. The van der Waals surface area contributed by atoms with Crippen LogP contribution in [0.3, 0.4) is 0 Å². The van der Waals surface area contributed by atoms with Crippen molar-refractivity contribution in [1.29, 1.82) is 0 Å². The van der Waals surface area contributed by atoms with Gasteiger partial charge in [-0.25, -0.2) is 8.42 Å². The topological polar surface area (TPSA) is 84.7 Å². The Morgan fingerprint density at radius 1 is 1.21 bits per heavy atom. The summed E-state index contributed by atoms with van der Waals surface area (Å²) >= 11 is 0. The van der Waals surface area contributed by atoms with Gasteiger partial charge >= 0.3 is 6.36 Å². The number of hydrogen-bond donors (Lipinski definition) is 1. The molecule has 0 unspecified atom stereocenters. The summed E-state index contributed by atoms with van der Waals surface area (Å²) < 4.78 is 70.1. The molecule has 4 rings (SSSR count). The molecule has 0 atom stereocenters. The highest BCUT2D eigenvalue weighted by atomic mass is 32.2. The molecule has 0 fully saturated rings. The molecular weight excluding hydrogens is 411 g/mol. The summed E-state index contributed by atoms with van der Waals surface area (Å²) in [6.07, 6.45) is -3.30. The molecule has 1 aliphatic rings. The number of fused-ring (bicyclic) bond motifs is 3. The molecule has 0 radical (unpaired) electrons. The second-order valence-electron chi connectivity index (χ2n) is 6.64. The summed E-state index contributed by atoms with van der Waals surface area (Å²) in [6, 6.07) is 6.49. The van der Waals surface area contributed by atoms with Crippen LogP contribution in [0.15, 0.2) is 41.4 Å². The number of nitrogens with zero attached hydrogens (tertiary/aromatic N) is 3. The summed E-state index contributed by atoms with van der Waals surface area (Å²) in [5.41, 5.74) is 1.21. The number of aromatic hydroxyl groups is 1. The molecule has 29 heavy (non-hydrogen) atoms. The van der Waals surface area contributed by atoms with Crippen LogP contribution in [0.5, 0.6) is 11.6 Å². The molecule has 3 heterocycles. The fourth-order valence-electron chi connectivity index (χ4n) is 3.53. The fraction of sp³-hybridized carbons (Fsp3) is 0.278. The summed E-state index contributed by atoms with van der Waals surface area (Å²) in [4.78, 5) is 4.14. The van der Waals surface area contributed by atoms with Gasteiger partial charge in [0, 0.05) is 19.3 Å². The minimum atomic E-state index is -4.86. The van der Waals surface area contributed by atoms with Gasteiger partial charge in [0.25, 0.3) is 0 Å². The van der Waals surface area contributed by atoms with E-state index in [0.29, 0.717) is 16.6 Å². The molecule has 2 aromatic heterocycles. The molecule has 0 bridgehead atoms. The molecule has 0 amide bonds. The zero-order chi connectivity index (χ0) is 21.0. The molecule has 154 valence electrons. The van der Waals surface area contributed by atoms with E-state index in [1.54, 1.807) is 22.9 Å². The van der Waals surface area contributed by atoms with E-state index in [1.165, 1.54) is 11.2 Å². The van der Waals surface area contributed by atoms with Crippen molar-refractivity contribution >= 4 is 20.9 Å². The Labute approximate surface area is 164 Å². The summed E-state index contributed by atoms with van der Waals surface area (Å²) in [5.74, 6) is -0.452. The quantitative estimate of drug-likeness (QED) is 0.694. The monoisotopic (exact) mass is 427 g/mol. The van der Waals surface area contributed by atoms with Crippen LogP contribution in [-0.2, 0) is 23.1 Å². The first kappa shape index (κ1) is 19.5. The highest BCUT2D eigenvalue weighted by Crippen LogP contribution is 2.35. The van der Waals surface area contributed by atoms with Crippen LogP contribution in [0.1, 0.15) is 11.3 Å². The molecule has 1 aliphatic heterocycles. The highest BCUT2D eigenvalue weighted by molar-refractivity contribution is 7.89. The lowest BCUT2D eigenvalue weighted by Crippen LogP contribution is -2.38. The summed E-state index contributed by atoms with van der Waals surface area (Å²) in [6.45, 7) is 1.72. The number of ether oxygens (including phenoxy) is 1. The Kier molecular flexibility index (Phi) is 4.46. The van der Waals surface area contributed by atoms with E-state index in [9.17, 15) is 26.7 Å². The van der Waals surface area contributed by atoms with Gasteiger partial charge in [-0.15, -0.1) is 13.2 Å². The van der Waals surface area contributed by atoms with Gasteiger partial charge in [-0.2, -0.15) is 4.31 Å². The molecule has 0 spiro atoms. The van der Waals surface area contributed by atoms with Crippen molar-refractivity contribution in [1.82, 2.24) is 13.9 Å². The van der Waals surface area contributed by atoms with Crippen molar-refractivity contribution in [3.05, 3.63) is 47.8 Å². The second kappa shape index (κ2) is 6.63. The van der Waals surface area contributed by atoms with Gasteiger partial charge < -0.3 is 14.4 Å². The van der Waals surface area contributed by atoms with Crippen LogP contribution in [0.25, 0.3) is 10.9 Å². The van der Waals surface area contributed by atoms with Gasteiger partial charge in [0.15, 0.2) is 0 Å². The van der Waals surface area contributed by atoms with E-state index in [0.717, 1.165) is 18.2 Å². The lowest BCUT2D eigenvalue weighted by Gasteiger charge is -2.28. The van der Waals surface area contributed by atoms with Crippen molar-refractivity contribution in [3.63, 3.8) is 0 Å². The minimum Gasteiger partial charge on any atom is -0.494 e. The zero-order valence-corrected chi connectivity index (χ0v) is 16.0. The van der Waals surface area contributed by atoms with Crippen LogP contribution in [0.2, 0.25) is 0 Å². The first-order chi connectivity index (χ1) is 13.6. The van der Waals surface area contributed by atoms with Crippen molar-refractivity contribution in [2.24, 2.45) is 0 Å². The number of pyridine rings is 1. The molecule has 1 aromatic carbocycles. The lowest BCUT2D eigenvalue weighted by atomic mass is 10.2. The number of rotatable bonds is 3. The van der Waals surface area contributed by atoms with Gasteiger partial charge in [0.2, 0.25) is 15.9 Å². The maximum atomic E-state index is 13.1. The molecule has 0 aliphatic carbocycles. The average molecular weight is 427 g/mol. The molecule has 3 aromatic rings. The van der Waals surface area contributed by atoms with Crippen molar-refractivity contribution < 1.29 is 31.4 Å². The van der Waals surface area contributed by atoms with Crippen LogP contribution < -0.4 is 4.74 Å². The largest absolute Gasteiger partial charge is 0.573 e. The Bertz CT molecular complexity index is 1210. The molecule has 7 nitrogen and oxygen atoms in total. The molecule has 11 heteroatoms. The van der Waals surface area contributed by atoms with Crippen molar-refractivity contribution in [3.8, 4) is 11.6 Å². The number of benzene rings is 1. The molecule has 1 N–H and O–H groups in total. The average Bonchev–Trinajstić information content (AvgIpc) is 2.93. The summed E-state index contributed by atoms with van der Waals surface area (Å²) in [5, 5.41) is 10.9. The van der Waals surface area contributed by atoms with Crippen LogP contribution in [0.4, 0.5) is 13.2 Å². The van der Waals surface area contributed by atoms with Gasteiger partial charge in [0.05, 0.1) is 28.0 Å². The third-order valence-corrected chi connectivity index (χ3v) is 6.81. The van der Waals surface area contributed by atoms with E-state index in [-0.39, 0.29) is 36.0 Å². The van der Waals surface area contributed by atoms with Crippen LogP contribution in [0, 0.1) is 6.92 Å². The molecular formula is C18H16F3N3O4S. The number of sulfonamides is 1. The second-order valence-corrected chi connectivity index (χ2v) is 8.54. The zero-order valence-electron chi connectivity index (χ0n) is 15.1. The number of hydrogen-bond acceptors (Lipinski definition) is 5. The van der Waals surface area contributed by atoms with Gasteiger partial charge in [0.1, 0.15) is 5.75 Å². The molecule has 0 saturated carbocycles. The Morgan fingerprint density at radius 3 is 2.66 bits per heavy atom. The predicted octanol–water partition coefficient (Wildman–Crippen LogP) is 3.15. The van der Waals surface area contributed by atoms with Gasteiger partial charge in [-0.05, 0) is 42.8 Å². The maximum absolute atomic E-state index is 13.1. The number of aromatic nitrogens is 2. The maximum Gasteiger partial charge on any atom is 0.573 e. The predicted molar refractivity (Wildman–Crippen MR) is 96.9 cm³/mol. The van der Waals surface area contributed by atoms with E-state index in [2.05, 4.69) is 9.72 Å². The normalized spacial score (nSPS) is 15.4. The Morgan fingerprint density at radius 2 is 1.97 bits per heavy atom. The fourth-order valence-corrected chi connectivity index (χ4v) is 5.13. The van der Waals surface area contributed by atoms with Crippen LogP contribution >= 0.6 is 0 Å². The van der Waals surface area contributed by atoms with E-state index in [1.807, 2.05) is 0 Å². The van der Waals surface area contributed by atoms with E-state index in [4.69, 9.17) is 0 Å².